The van der Waals surface area contributed by atoms with E-state index in [1.165, 1.54) is 0 Å². The Morgan fingerprint density at radius 1 is 1.33 bits per heavy atom. The van der Waals surface area contributed by atoms with Crippen LogP contribution in [0.15, 0.2) is 36.9 Å². The fraction of sp³-hybridized carbons (Fsp3) is 0.308. The second kappa shape index (κ2) is 4.60. The van der Waals surface area contributed by atoms with Gasteiger partial charge in [0.1, 0.15) is 5.82 Å². The van der Waals surface area contributed by atoms with Crippen LogP contribution in [-0.4, -0.2) is 26.5 Å². The Kier molecular flexibility index (Phi) is 2.80. The van der Waals surface area contributed by atoms with Crippen molar-refractivity contribution in [1.29, 1.82) is 0 Å². The highest BCUT2D eigenvalue weighted by Crippen LogP contribution is 2.13. The highest BCUT2D eigenvalue weighted by atomic mass is 16.1. The van der Waals surface area contributed by atoms with E-state index < -0.39 is 0 Å². The van der Waals surface area contributed by atoms with Gasteiger partial charge in [0, 0.05) is 49.4 Å². The summed E-state index contributed by atoms with van der Waals surface area (Å²) < 4.78 is 2.10. The predicted molar refractivity (Wildman–Crippen MR) is 66.0 cm³/mol. The van der Waals surface area contributed by atoms with Gasteiger partial charge in [-0.05, 0) is 18.6 Å². The zero-order chi connectivity index (χ0) is 12.4. The normalized spacial score (nSPS) is 18.1. The Morgan fingerprint density at radius 2 is 2.17 bits per heavy atom. The first-order chi connectivity index (χ1) is 8.83. The first-order valence-electron chi connectivity index (χ1n) is 6.04. The number of carbonyl (C=O) groups excluding carboxylic acids is 1. The molecule has 0 radical (unpaired) electrons. The number of nitrogens with one attached hydrogen (secondary N) is 1. The molecule has 0 spiro atoms. The fourth-order valence-electron chi connectivity index (χ4n) is 2.26. The van der Waals surface area contributed by atoms with Gasteiger partial charge in [0.25, 0.3) is 5.91 Å². The van der Waals surface area contributed by atoms with Crippen LogP contribution in [0, 0.1) is 0 Å². The summed E-state index contributed by atoms with van der Waals surface area (Å²) in [5.74, 6) is 1.07. The number of amides is 1. The quantitative estimate of drug-likeness (QED) is 0.855. The van der Waals surface area contributed by atoms with Crippen LogP contribution in [0.25, 0.3) is 0 Å². The molecule has 3 rings (SSSR count). The summed E-state index contributed by atoms with van der Waals surface area (Å²) in [6, 6.07) is 3.62. The molecule has 0 aromatic carbocycles. The number of hydrogen-bond donors (Lipinski definition) is 1. The van der Waals surface area contributed by atoms with E-state index in [-0.39, 0.29) is 11.9 Å². The van der Waals surface area contributed by atoms with E-state index >= 15 is 0 Å². The molecule has 1 aliphatic heterocycles. The maximum atomic E-state index is 12.0. The van der Waals surface area contributed by atoms with Gasteiger partial charge in [-0.1, -0.05) is 0 Å². The van der Waals surface area contributed by atoms with Crippen molar-refractivity contribution in [3.05, 3.63) is 48.3 Å². The standard InChI is InChI=1S/C13H14N4O/c18-13(10-3-5-14-6-4-10)16-11-1-2-12-15-7-8-17(12)9-11/h3-8,11H,1-2,9H2,(H,16,18)/t11-/m1/s1. The van der Waals surface area contributed by atoms with E-state index in [1.54, 1.807) is 24.5 Å². The number of carbonyl (C=O) groups is 1. The molecule has 5 heteroatoms. The molecule has 1 N–H and O–H groups in total. The van der Waals surface area contributed by atoms with Gasteiger partial charge in [-0.2, -0.15) is 0 Å². The molecule has 1 aliphatic rings. The minimum atomic E-state index is -0.0361. The Morgan fingerprint density at radius 3 is 3.00 bits per heavy atom. The summed E-state index contributed by atoms with van der Waals surface area (Å²) in [6.07, 6.45) is 8.87. The van der Waals surface area contributed by atoms with Crippen molar-refractivity contribution in [3.63, 3.8) is 0 Å². The molecule has 0 saturated heterocycles. The van der Waals surface area contributed by atoms with Crippen LogP contribution in [0.3, 0.4) is 0 Å². The molecule has 1 amide bonds. The molecule has 2 aromatic rings. The number of aryl methyl sites for hydroxylation is 1. The van der Waals surface area contributed by atoms with E-state index in [9.17, 15) is 4.79 Å². The van der Waals surface area contributed by atoms with Crippen LogP contribution in [-0.2, 0) is 13.0 Å². The molecular formula is C13H14N4O. The van der Waals surface area contributed by atoms with Crippen molar-refractivity contribution in [3.8, 4) is 0 Å². The number of rotatable bonds is 2. The lowest BCUT2D eigenvalue weighted by molar-refractivity contribution is 0.0927. The van der Waals surface area contributed by atoms with Crippen LogP contribution in [0.5, 0.6) is 0 Å². The topological polar surface area (TPSA) is 59.8 Å². The van der Waals surface area contributed by atoms with Gasteiger partial charge in [-0.15, -0.1) is 0 Å². The molecule has 0 bridgehead atoms. The third-order valence-corrected chi connectivity index (χ3v) is 3.21. The summed E-state index contributed by atoms with van der Waals surface area (Å²) in [5, 5.41) is 3.05. The number of imidazole rings is 1. The second-order valence-corrected chi connectivity index (χ2v) is 4.44. The average molecular weight is 242 g/mol. The number of nitrogens with zero attached hydrogens (tertiary/aromatic N) is 3. The first kappa shape index (κ1) is 11.0. The van der Waals surface area contributed by atoms with Gasteiger partial charge in [0.15, 0.2) is 0 Å². The molecule has 0 saturated carbocycles. The predicted octanol–water partition coefficient (Wildman–Crippen LogP) is 1.02. The SMILES string of the molecule is O=C(N[C@@H]1CCc2nccn2C1)c1ccncc1. The lowest BCUT2D eigenvalue weighted by Gasteiger charge is -2.24. The number of aromatic nitrogens is 3. The third-order valence-electron chi connectivity index (χ3n) is 3.21. The van der Waals surface area contributed by atoms with Crippen LogP contribution in [0.1, 0.15) is 22.6 Å². The highest BCUT2D eigenvalue weighted by molar-refractivity contribution is 5.94. The molecular weight excluding hydrogens is 228 g/mol. The smallest absolute Gasteiger partial charge is 0.251 e. The summed E-state index contributed by atoms with van der Waals surface area (Å²) in [4.78, 5) is 20.2. The van der Waals surface area contributed by atoms with Crippen molar-refractivity contribution in [2.75, 3.05) is 0 Å². The molecule has 0 aliphatic carbocycles. The van der Waals surface area contributed by atoms with Crippen molar-refractivity contribution in [2.24, 2.45) is 0 Å². The van der Waals surface area contributed by atoms with Crippen molar-refractivity contribution in [1.82, 2.24) is 19.9 Å². The van der Waals surface area contributed by atoms with Crippen LogP contribution in [0.4, 0.5) is 0 Å². The summed E-state index contributed by atoms with van der Waals surface area (Å²) in [5.41, 5.74) is 0.654. The monoisotopic (exact) mass is 242 g/mol. The van der Waals surface area contributed by atoms with E-state index in [0.717, 1.165) is 25.2 Å². The minimum Gasteiger partial charge on any atom is -0.347 e. The van der Waals surface area contributed by atoms with Crippen molar-refractivity contribution >= 4 is 5.91 Å². The maximum Gasteiger partial charge on any atom is 0.251 e. The van der Waals surface area contributed by atoms with Gasteiger partial charge in [-0.25, -0.2) is 4.98 Å². The Balaban J connectivity index is 1.67. The van der Waals surface area contributed by atoms with Crippen molar-refractivity contribution in [2.45, 2.75) is 25.4 Å². The van der Waals surface area contributed by atoms with Gasteiger partial charge >= 0.3 is 0 Å². The molecule has 5 nitrogen and oxygen atoms in total. The Labute approximate surface area is 105 Å². The van der Waals surface area contributed by atoms with E-state index in [2.05, 4.69) is 19.9 Å². The highest BCUT2D eigenvalue weighted by Gasteiger charge is 2.20. The second-order valence-electron chi connectivity index (χ2n) is 4.44. The molecule has 92 valence electrons. The summed E-state index contributed by atoms with van der Waals surface area (Å²) >= 11 is 0. The molecule has 2 aromatic heterocycles. The Hall–Kier alpha value is -2.17. The van der Waals surface area contributed by atoms with Gasteiger partial charge in [0.05, 0.1) is 0 Å². The largest absolute Gasteiger partial charge is 0.347 e. The van der Waals surface area contributed by atoms with Crippen LogP contribution < -0.4 is 5.32 Å². The lowest BCUT2D eigenvalue weighted by atomic mass is 10.1. The summed E-state index contributed by atoms with van der Waals surface area (Å²) in [6.45, 7) is 0.798. The summed E-state index contributed by atoms with van der Waals surface area (Å²) in [7, 11) is 0. The molecule has 18 heavy (non-hydrogen) atoms. The van der Waals surface area contributed by atoms with Gasteiger partial charge in [-0.3, -0.25) is 9.78 Å². The van der Waals surface area contributed by atoms with Crippen molar-refractivity contribution < 1.29 is 4.79 Å². The molecule has 0 fully saturated rings. The Bertz CT molecular complexity index is 549. The molecule has 0 unspecified atom stereocenters. The van der Waals surface area contributed by atoms with Crippen LogP contribution >= 0.6 is 0 Å². The fourth-order valence-corrected chi connectivity index (χ4v) is 2.26. The van der Waals surface area contributed by atoms with Gasteiger partial charge < -0.3 is 9.88 Å². The number of hydrogen-bond acceptors (Lipinski definition) is 3. The molecule has 3 heterocycles. The lowest BCUT2D eigenvalue weighted by Crippen LogP contribution is -2.40. The average Bonchev–Trinajstić information content (AvgIpc) is 2.87. The zero-order valence-electron chi connectivity index (χ0n) is 9.91. The third kappa shape index (κ3) is 2.11. The zero-order valence-corrected chi connectivity index (χ0v) is 9.91. The van der Waals surface area contributed by atoms with E-state index in [0.29, 0.717) is 5.56 Å². The molecule has 1 atom stereocenters. The van der Waals surface area contributed by atoms with E-state index in [1.807, 2.05) is 12.4 Å². The number of pyridine rings is 1. The first-order valence-corrected chi connectivity index (χ1v) is 6.04. The van der Waals surface area contributed by atoms with Gasteiger partial charge in [0.2, 0.25) is 0 Å². The van der Waals surface area contributed by atoms with E-state index in [4.69, 9.17) is 0 Å². The maximum absolute atomic E-state index is 12.0. The minimum absolute atomic E-state index is 0.0361. The van der Waals surface area contributed by atoms with Crippen LogP contribution in [0.2, 0.25) is 0 Å². The number of fused-ring (bicyclic) bond motifs is 1.